The molecule has 0 saturated carbocycles. The van der Waals surface area contributed by atoms with Gasteiger partial charge in [-0.3, -0.25) is 4.79 Å². The van der Waals surface area contributed by atoms with Gasteiger partial charge < -0.3 is 10.1 Å². The number of hydrogen-bond acceptors (Lipinski definition) is 2. The molecule has 0 radical (unpaired) electrons. The van der Waals surface area contributed by atoms with E-state index >= 15 is 0 Å². The van der Waals surface area contributed by atoms with Gasteiger partial charge in [0.15, 0.2) is 0 Å². The minimum Gasteiger partial charge on any atom is -0.497 e. The quantitative estimate of drug-likeness (QED) is 0.826. The summed E-state index contributed by atoms with van der Waals surface area (Å²) in [7, 11) is 1.62. The van der Waals surface area contributed by atoms with E-state index < -0.39 is 0 Å². The zero-order valence-corrected chi connectivity index (χ0v) is 13.2. The highest BCUT2D eigenvalue weighted by Gasteiger charge is 2.07. The van der Waals surface area contributed by atoms with Crippen LogP contribution in [0.3, 0.4) is 0 Å². The Balaban J connectivity index is 2.08. The van der Waals surface area contributed by atoms with Gasteiger partial charge in [0.25, 0.3) is 0 Å². The van der Waals surface area contributed by atoms with E-state index in [0.717, 1.165) is 22.6 Å². The average Bonchev–Trinajstić information content (AvgIpc) is 2.53. The normalized spacial score (nSPS) is 10.9. The van der Waals surface area contributed by atoms with Crippen molar-refractivity contribution in [2.24, 2.45) is 0 Å². The van der Waals surface area contributed by atoms with Crippen LogP contribution in [0.5, 0.6) is 5.75 Å². The molecule has 0 atom stereocenters. The predicted octanol–water partition coefficient (Wildman–Crippen LogP) is 4.47. The van der Waals surface area contributed by atoms with Crippen molar-refractivity contribution in [2.75, 3.05) is 12.4 Å². The summed E-state index contributed by atoms with van der Waals surface area (Å²) in [6.07, 6.45) is 3.31. The minimum atomic E-state index is -0.143. The summed E-state index contributed by atoms with van der Waals surface area (Å²) in [6, 6.07) is 15.4. The number of para-hydroxylation sites is 1. The number of carbonyl (C=O) groups excluding carboxylic acids is 1. The molecule has 114 valence electrons. The molecular weight excluding hydrogens is 274 g/mol. The molecule has 22 heavy (non-hydrogen) atoms. The third kappa shape index (κ3) is 4.22. The number of methoxy groups -OCH3 is 1. The van der Waals surface area contributed by atoms with Gasteiger partial charge >= 0.3 is 0 Å². The highest BCUT2D eigenvalue weighted by atomic mass is 16.5. The maximum absolute atomic E-state index is 12.1. The van der Waals surface area contributed by atoms with Gasteiger partial charge in [-0.2, -0.15) is 0 Å². The third-order valence-electron chi connectivity index (χ3n) is 3.36. The first-order chi connectivity index (χ1) is 10.6. The first-order valence-electron chi connectivity index (χ1n) is 7.32. The summed E-state index contributed by atoms with van der Waals surface area (Å²) in [5, 5.41) is 2.93. The molecule has 0 spiro atoms. The number of nitrogens with one attached hydrogen (secondary N) is 1. The van der Waals surface area contributed by atoms with Crippen LogP contribution >= 0.6 is 0 Å². The lowest BCUT2D eigenvalue weighted by molar-refractivity contribution is -0.111. The largest absolute Gasteiger partial charge is 0.497 e. The molecule has 1 N–H and O–H groups in total. The van der Waals surface area contributed by atoms with Gasteiger partial charge in [0.1, 0.15) is 5.75 Å². The van der Waals surface area contributed by atoms with Gasteiger partial charge in [-0.15, -0.1) is 0 Å². The van der Waals surface area contributed by atoms with E-state index in [4.69, 9.17) is 4.74 Å². The Morgan fingerprint density at radius 3 is 2.64 bits per heavy atom. The lowest BCUT2D eigenvalue weighted by Gasteiger charge is -2.12. The van der Waals surface area contributed by atoms with Gasteiger partial charge in [0.05, 0.1) is 7.11 Å². The van der Waals surface area contributed by atoms with E-state index in [0.29, 0.717) is 5.92 Å². The fourth-order valence-electron chi connectivity index (χ4n) is 2.21. The number of benzene rings is 2. The molecule has 2 aromatic rings. The van der Waals surface area contributed by atoms with Crippen molar-refractivity contribution in [3.05, 3.63) is 65.7 Å². The van der Waals surface area contributed by atoms with Crippen molar-refractivity contribution in [3.63, 3.8) is 0 Å². The Kier molecular flexibility index (Phi) is 5.37. The monoisotopic (exact) mass is 295 g/mol. The van der Waals surface area contributed by atoms with Crippen LogP contribution in [-0.4, -0.2) is 13.0 Å². The molecule has 1 amide bonds. The van der Waals surface area contributed by atoms with Gasteiger partial charge in [-0.05, 0) is 41.3 Å². The van der Waals surface area contributed by atoms with Crippen LogP contribution in [-0.2, 0) is 4.79 Å². The van der Waals surface area contributed by atoms with Crippen LogP contribution in [0.2, 0.25) is 0 Å². The molecular formula is C19H21NO2. The van der Waals surface area contributed by atoms with Gasteiger partial charge in [-0.25, -0.2) is 0 Å². The van der Waals surface area contributed by atoms with Gasteiger partial charge in [-0.1, -0.05) is 44.2 Å². The molecule has 2 aromatic carbocycles. The smallest absolute Gasteiger partial charge is 0.248 e. The fraction of sp³-hybridized carbons (Fsp3) is 0.211. The summed E-state index contributed by atoms with van der Waals surface area (Å²) in [4.78, 5) is 12.1. The van der Waals surface area contributed by atoms with Crippen molar-refractivity contribution in [2.45, 2.75) is 19.8 Å². The molecule has 0 fully saturated rings. The molecule has 0 unspecified atom stereocenters. The summed E-state index contributed by atoms with van der Waals surface area (Å²) in [5.74, 6) is 0.988. The Morgan fingerprint density at radius 1 is 1.14 bits per heavy atom. The molecule has 0 saturated heterocycles. The number of amides is 1. The average molecular weight is 295 g/mol. The summed E-state index contributed by atoms with van der Waals surface area (Å²) < 4.78 is 5.16. The van der Waals surface area contributed by atoms with Crippen molar-refractivity contribution in [1.29, 1.82) is 0 Å². The second-order valence-corrected chi connectivity index (χ2v) is 5.34. The highest BCUT2D eigenvalue weighted by Crippen LogP contribution is 2.23. The number of anilines is 1. The zero-order valence-electron chi connectivity index (χ0n) is 13.2. The molecule has 3 nitrogen and oxygen atoms in total. The third-order valence-corrected chi connectivity index (χ3v) is 3.36. The van der Waals surface area contributed by atoms with E-state index in [1.807, 2.05) is 48.5 Å². The van der Waals surface area contributed by atoms with E-state index in [1.165, 1.54) is 6.08 Å². The number of ether oxygens (including phenoxy) is 1. The minimum absolute atomic E-state index is 0.143. The topological polar surface area (TPSA) is 38.3 Å². The number of rotatable bonds is 5. The highest BCUT2D eigenvalue weighted by molar-refractivity contribution is 6.02. The molecule has 0 bridgehead atoms. The fourth-order valence-corrected chi connectivity index (χ4v) is 2.21. The van der Waals surface area contributed by atoms with E-state index in [2.05, 4.69) is 19.2 Å². The lowest BCUT2D eigenvalue weighted by Crippen LogP contribution is -2.10. The summed E-state index contributed by atoms with van der Waals surface area (Å²) in [6.45, 7) is 4.22. The van der Waals surface area contributed by atoms with Crippen LogP contribution in [0.4, 0.5) is 5.69 Å². The Labute approximate surface area is 131 Å². The molecule has 0 aliphatic carbocycles. The van der Waals surface area contributed by atoms with E-state index in [-0.39, 0.29) is 5.91 Å². The van der Waals surface area contributed by atoms with Crippen LogP contribution in [0.15, 0.2) is 54.6 Å². The second-order valence-electron chi connectivity index (χ2n) is 5.34. The Hall–Kier alpha value is -2.55. The van der Waals surface area contributed by atoms with Crippen LogP contribution in [0, 0.1) is 0 Å². The van der Waals surface area contributed by atoms with Crippen molar-refractivity contribution >= 4 is 17.7 Å². The van der Waals surface area contributed by atoms with E-state index in [1.54, 1.807) is 13.2 Å². The molecule has 3 heteroatoms. The van der Waals surface area contributed by atoms with Crippen molar-refractivity contribution in [3.8, 4) is 5.75 Å². The number of hydrogen-bond donors (Lipinski definition) is 1. The maximum atomic E-state index is 12.1. The lowest BCUT2D eigenvalue weighted by atomic mass is 10.0. The van der Waals surface area contributed by atoms with Crippen LogP contribution in [0.1, 0.15) is 30.9 Å². The van der Waals surface area contributed by atoms with Crippen LogP contribution < -0.4 is 10.1 Å². The number of carbonyl (C=O) groups is 1. The molecule has 0 aromatic heterocycles. The van der Waals surface area contributed by atoms with Crippen molar-refractivity contribution < 1.29 is 9.53 Å². The molecule has 2 rings (SSSR count). The summed E-state index contributed by atoms with van der Waals surface area (Å²) in [5.41, 5.74) is 2.91. The first-order valence-corrected chi connectivity index (χ1v) is 7.32. The standard InChI is InChI=1S/C19H21NO2/c1-14(2)17-9-4-5-10-18(17)20-19(21)12-11-15-7-6-8-16(13-15)22-3/h4-14H,1-3H3,(H,20,21). The van der Waals surface area contributed by atoms with Crippen molar-refractivity contribution in [1.82, 2.24) is 0 Å². The first kappa shape index (κ1) is 15.8. The Bertz CT molecular complexity index is 675. The van der Waals surface area contributed by atoms with E-state index in [9.17, 15) is 4.79 Å². The van der Waals surface area contributed by atoms with Gasteiger partial charge in [0, 0.05) is 11.8 Å². The SMILES string of the molecule is COc1cccc(C=CC(=O)Nc2ccccc2C(C)C)c1. The van der Waals surface area contributed by atoms with Crippen LogP contribution in [0.25, 0.3) is 6.08 Å². The maximum Gasteiger partial charge on any atom is 0.248 e. The predicted molar refractivity (Wildman–Crippen MR) is 91.2 cm³/mol. The molecule has 0 aliphatic heterocycles. The summed E-state index contributed by atoms with van der Waals surface area (Å²) >= 11 is 0. The second kappa shape index (κ2) is 7.46. The zero-order chi connectivity index (χ0) is 15.9. The molecule has 0 heterocycles. The van der Waals surface area contributed by atoms with Gasteiger partial charge in [0.2, 0.25) is 5.91 Å². The molecule has 0 aliphatic rings. The Morgan fingerprint density at radius 2 is 1.91 bits per heavy atom.